The summed E-state index contributed by atoms with van der Waals surface area (Å²) in [5.41, 5.74) is 4.88. The van der Waals surface area contributed by atoms with Crippen molar-refractivity contribution < 1.29 is 4.79 Å². The zero-order chi connectivity index (χ0) is 20.4. The molecule has 7 nitrogen and oxygen atoms in total. The molecule has 0 saturated heterocycles. The van der Waals surface area contributed by atoms with Gasteiger partial charge in [-0.15, -0.1) is 11.3 Å². The molecule has 0 fully saturated rings. The Kier molecular flexibility index (Phi) is 3.61. The Hall–Kier alpha value is -3.52. The Labute approximate surface area is 176 Å². The molecule has 4 aromatic heterocycles. The van der Waals surface area contributed by atoms with E-state index in [1.807, 2.05) is 61.8 Å². The molecule has 0 radical (unpaired) electrons. The Morgan fingerprint density at radius 2 is 1.97 bits per heavy atom. The second kappa shape index (κ2) is 6.24. The van der Waals surface area contributed by atoms with Crippen LogP contribution in [0.4, 0.5) is 5.95 Å². The number of rotatable bonds is 2. The number of fused-ring (bicyclic) bond motifs is 4. The Morgan fingerprint density at radius 3 is 2.80 bits per heavy atom. The third-order valence-electron chi connectivity index (χ3n) is 5.64. The normalized spacial score (nSPS) is 13.5. The van der Waals surface area contributed by atoms with Gasteiger partial charge in [-0.1, -0.05) is 18.2 Å². The number of benzene rings is 1. The molecular formula is C22H18N6OS. The zero-order valence-electron chi connectivity index (χ0n) is 16.5. The van der Waals surface area contributed by atoms with Crippen molar-refractivity contribution in [3.05, 3.63) is 59.1 Å². The van der Waals surface area contributed by atoms with E-state index < -0.39 is 0 Å². The molecule has 6 rings (SSSR count). The van der Waals surface area contributed by atoms with E-state index in [9.17, 15) is 4.79 Å². The molecule has 30 heavy (non-hydrogen) atoms. The highest BCUT2D eigenvalue weighted by Gasteiger charge is 2.31. The third-order valence-corrected chi connectivity index (χ3v) is 6.53. The fourth-order valence-electron chi connectivity index (χ4n) is 4.29. The van der Waals surface area contributed by atoms with Gasteiger partial charge in [0.25, 0.3) is 5.91 Å². The molecule has 0 atom stereocenters. The van der Waals surface area contributed by atoms with Gasteiger partial charge in [-0.3, -0.25) is 14.4 Å². The molecular weight excluding hydrogens is 396 g/mol. The van der Waals surface area contributed by atoms with Crippen molar-refractivity contribution in [1.29, 1.82) is 0 Å². The number of thiophene rings is 1. The summed E-state index contributed by atoms with van der Waals surface area (Å²) in [5.74, 6) is 0.635. The Morgan fingerprint density at radius 1 is 1.10 bits per heavy atom. The first-order chi connectivity index (χ1) is 14.6. The Balaban J connectivity index is 1.54. The maximum absolute atomic E-state index is 13.8. The summed E-state index contributed by atoms with van der Waals surface area (Å²) in [6.45, 7) is 3.26. The quantitative estimate of drug-likeness (QED) is 0.438. The average molecular weight is 414 g/mol. The van der Waals surface area contributed by atoms with Gasteiger partial charge in [-0.05, 0) is 36.6 Å². The molecule has 0 spiro atoms. The number of carbonyl (C=O) groups excluding carboxylic acids is 1. The molecule has 0 saturated carbocycles. The first-order valence-electron chi connectivity index (χ1n) is 9.77. The van der Waals surface area contributed by atoms with Crippen LogP contribution in [0.15, 0.2) is 47.8 Å². The van der Waals surface area contributed by atoms with E-state index in [-0.39, 0.29) is 5.91 Å². The molecule has 0 bridgehead atoms. The summed E-state index contributed by atoms with van der Waals surface area (Å²) < 4.78 is 3.86. The van der Waals surface area contributed by atoms with Crippen molar-refractivity contribution in [2.24, 2.45) is 7.05 Å². The number of para-hydroxylation sites is 2. The minimum Gasteiger partial charge on any atom is -0.308 e. The van der Waals surface area contributed by atoms with Crippen molar-refractivity contribution in [1.82, 2.24) is 24.3 Å². The van der Waals surface area contributed by atoms with Crippen molar-refractivity contribution >= 4 is 45.3 Å². The topological polar surface area (TPSA) is 68.8 Å². The van der Waals surface area contributed by atoms with E-state index in [0.29, 0.717) is 18.1 Å². The number of hydrogen-bond acceptors (Lipinski definition) is 5. The number of aryl methyl sites for hydroxylation is 2. The van der Waals surface area contributed by atoms with Crippen LogP contribution < -0.4 is 4.90 Å². The standard InChI is InChI=1S/C22H18N6OS/c1-13-19-14(12-16(18-8-5-11-30-18)23-20(19)26(2)25-13)21(29)28-10-9-27-17-7-4-3-6-15(17)24-22(27)28/h3-8,11-12H,9-10H2,1-2H3. The highest BCUT2D eigenvalue weighted by molar-refractivity contribution is 7.13. The van der Waals surface area contributed by atoms with Gasteiger partial charge in [0, 0.05) is 20.1 Å². The predicted octanol–water partition coefficient (Wildman–Crippen LogP) is 4.02. The number of amides is 1. The number of nitrogens with zero attached hydrogens (tertiary/aromatic N) is 6. The van der Waals surface area contributed by atoms with Crippen molar-refractivity contribution in [2.75, 3.05) is 11.4 Å². The van der Waals surface area contributed by atoms with Gasteiger partial charge in [-0.2, -0.15) is 5.10 Å². The molecule has 0 unspecified atom stereocenters. The fraction of sp³-hybridized carbons (Fsp3) is 0.182. The molecule has 5 aromatic rings. The lowest BCUT2D eigenvalue weighted by Crippen LogP contribution is -2.29. The minimum atomic E-state index is -0.0645. The first kappa shape index (κ1) is 17.3. The number of anilines is 1. The summed E-state index contributed by atoms with van der Waals surface area (Å²) >= 11 is 1.61. The lowest BCUT2D eigenvalue weighted by atomic mass is 10.1. The molecule has 5 heterocycles. The molecule has 0 N–H and O–H groups in total. The van der Waals surface area contributed by atoms with Crippen molar-refractivity contribution in [3.8, 4) is 10.6 Å². The van der Waals surface area contributed by atoms with Gasteiger partial charge in [0.05, 0.1) is 38.2 Å². The van der Waals surface area contributed by atoms with Gasteiger partial charge in [0.2, 0.25) is 5.95 Å². The average Bonchev–Trinajstić information content (AvgIpc) is 3.51. The van der Waals surface area contributed by atoms with Gasteiger partial charge in [0.15, 0.2) is 5.65 Å². The SMILES string of the molecule is Cc1nn(C)c2nc(-c3cccs3)cc(C(=O)N3CCn4c3nc3ccccc34)c12. The van der Waals surface area contributed by atoms with Gasteiger partial charge < -0.3 is 4.57 Å². The second-order valence-electron chi connectivity index (χ2n) is 7.45. The maximum atomic E-state index is 13.8. The molecule has 1 aromatic carbocycles. The number of pyridine rings is 1. The van der Waals surface area contributed by atoms with Crippen molar-refractivity contribution in [3.63, 3.8) is 0 Å². The van der Waals surface area contributed by atoms with E-state index in [1.165, 1.54) is 0 Å². The van der Waals surface area contributed by atoms with E-state index in [1.54, 1.807) is 20.9 Å². The number of aromatic nitrogens is 5. The molecule has 148 valence electrons. The van der Waals surface area contributed by atoms with Gasteiger partial charge >= 0.3 is 0 Å². The summed E-state index contributed by atoms with van der Waals surface area (Å²) in [5, 5.41) is 7.34. The van der Waals surface area contributed by atoms with Crippen LogP contribution in [0, 0.1) is 6.92 Å². The fourth-order valence-corrected chi connectivity index (χ4v) is 4.98. The van der Waals surface area contributed by atoms with E-state index >= 15 is 0 Å². The van der Waals surface area contributed by atoms with Crippen LogP contribution in [0.25, 0.3) is 32.6 Å². The van der Waals surface area contributed by atoms with E-state index in [2.05, 4.69) is 9.67 Å². The first-order valence-corrected chi connectivity index (χ1v) is 10.6. The molecule has 0 aliphatic carbocycles. The van der Waals surface area contributed by atoms with Crippen LogP contribution in [0.5, 0.6) is 0 Å². The minimum absolute atomic E-state index is 0.0645. The zero-order valence-corrected chi connectivity index (χ0v) is 17.3. The van der Waals surface area contributed by atoms with Gasteiger partial charge in [0.1, 0.15) is 0 Å². The molecule has 1 aliphatic heterocycles. The Bertz CT molecular complexity index is 1450. The maximum Gasteiger partial charge on any atom is 0.261 e. The molecule has 1 aliphatic rings. The van der Waals surface area contributed by atoms with Gasteiger partial charge in [-0.25, -0.2) is 9.97 Å². The lowest BCUT2D eigenvalue weighted by molar-refractivity contribution is 0.0990. The van der Waals surface area contributed by atoms with Crippen LogP contribution in [0.1, 0.15) is 16.1 Å². The highest BCUT2D eigenvalue weighted by atomic mass is 32.1. The number of carbonyl (C=O) groups is 1. The highest BCUT2D eigenvalue weighted by Crippen LogP contribution is 2.33. The van der Waals surface area contributed by atoms with Crippen LogP contribution in [-0.4, -0.2) is 36.8 Å². The summed E-state index contributed by atoms with van der Waals surface area (Å²) in [6, 6.07) is 13.9. The molecule has 8 heteroatoms. The number of hydrogen-bond donors (Lipinski definition) is 0. The third kappa shape index (κ3) is 2.37. The van der Waals surface area contributed by atoms with Crippen LogP contribution in [-0.2, 0) is 13.6 Å². The second-order valence-corrected chi connectivity index (χ2v) is 8.40. The molecule has 1 amide bonds. The summed E-state index contributed by atoms with van der Waals surface area (Å²) in [6.07, 6.45) is 0. The lowest BCUT2D eigenvalue weighted by Gasteiger charge is -2.15. The van der Waals surface area contributed by atoms with Crippen molar-refractivity contribution in [2.45, 2.75) is 13.5 Å². The predicted molar refractivity (Wildman–Crippen MR) is 118 cm³/mol. The van der Waals surface area contributed by atoms with Crippen LogP contribution >= 0.6 is 11.3 Å². The van der Waals surface area contributed by atoms with E-state index in [4.69, 9.17) is 9.97 Å². The monoisotopic (exact) mass is 414 g/mol. The largest absolute Gasteiger partial charge is 0.308 e. The number of imidazole rings is 1. The van der Waals surface area contributed by atoms with E-state index in [0.717, 1.165) is 44.9 Å². The summed E-state index contributed by atoms with van der Waals surface area (Å²) in [4.78, 5) is 26.1. The summed E-state index contributed by atoms with van der Waals surface area (Å²) in [7, 11) is 1.87. The van der Waals surface area contributed by atoms with Crippen LogP contribution in [0.2, 0.25) is 0 Å². The van der Waals surface area contributed by atoms with Crippen LogP contribution in [0.3, 0.4) is 0 Å². The smallest absolute Gasteiger partial charge is 0.261 e.